The van der Waals surface area contributed by atoms with E-state index in [-0.39, 0.29) is 10.6 Å². The van der Waals surface area contributed by atoms with Gasteiger partial charge in [0.05, 0.1) is 27.3 Å². The van der Waals surface area contributed by atoms with Crippen molar-refractivity contribution in [2.45, 2.75) is 12.8 Å². The third-order valence-corrected chi connectivity index (χ3v) is 7.85. The Morgan fingerprint density at radius 3 is 2.46 bits per heavy atom. The summed E-state index contributed by atoms with van der Waals surface area (Å²) in [4.78, 5) is 15.6. The van der Waals surface area contributed by atoms with Crippen molar-refractivity contribution >= 4 is 62.7 Å². The summed E-state index contributed by atoms with van der Waals surface area (Å²) < 4.78 is 6.99. The van der Waals surface area contributed by atoms with Crippen LogP contribution in [0, 0.1) is 10.1 Å². The molecule has 0 radical (unpaired) electrons. The summed E-state index contributed by atoms with van der Waals surface area (Å²) in [6.45, 7) is 5.30. The number of ether oxygens (including phenoxy) is 1. The van der Waals surface area contributed by atoms with E-state index in [0.717, 1.165) is 61.3 Å². The summed E-state index contributed by atoms with van der Waals surface area (Å²) in [5.41, 5.74) is 2.70. The largest absolute Gasteiger partial charge is 0.493 e. The van der Waals surface area contributed by atoms with Crippen molar-refractivity contribution in [1.82, 2.24) is 4.90 Å². The second kappa shape index (κ2) is 13.3. The molecule has 1 aliphatic heterocycles. The molecule has 1 fully saturated rings. The van der Waals surface area contributed by atoms with E-state index >= 15 is 0 Å². The number of nitro groups is 1. The van der Waals surface area contributed by atoms with Crippen molar-refractivity contribution in [3.63, 3.8) is 0 Å². The van der Waals surface area contributed by atoms with Gasteiger partial charge < -0.3 is 9.64 Å². The summed E-state index contributed by atoms with van der Waals surface area (Å²) in [7, 11) is 0. The minimum absolute atomic E-state index is 0.0392. The fourth-order valence-electron chi connectivity index (χ4n) is 4.27. The van der Waals surface area contributed by atoms with Crippen LogP contribution in [0.1, 0.15) is 24.0 Å². The van der Waals surface area contributed by atoms with Gasteiger partial charge in [-0.15, -0.1) is 0 Å². The summed E-state index contributed by atoms with van der Waals surface area (Å²) in [5, 5.41) is 12.5. The van der Waals surface area contributed by atoms with Gasteiger partial charge in [-0.3, -0.25) is 15.0 Å². The molecular formula is C28H28BrCl2N3O3. The number of nitro benzene ring substituents is 1. The van der Waals surface area contributed by atoms with Gasteiger partial charge in [-0.25, -0.2) is 0 Å². The number of non-ortho nitro benzene ring substituents is 1. The lowest BCUT2D eigenvalue weighted by Crippen LogP contribution is -2.46. The number of anilines is 1. The number of nitrogens with zero attached hydrogens (tertiary/aromatic N) is 3. The van der Waals surface area contributed by atoms with Crippen LogP contribution in [0.3, 0.4) is 0 Å². The van der Waals surface area contributed by atoms with Crippen molar-refractivity contribution in [3.8, 4) is 5.75 Å². The lowest BCUT2D eigenvalue weighted by molar-refractivity contribution is -0.384. The second-order valence-corrected chi connectivity index (χ2v) is 10.4. The third kappa shape index (κ3) is 7.48. The highest BCUT2D eigenvalue weighted by atomic mass is 79.9. The van der Waals surface area contributed by atoms with E-state index in [0.29, 0.717) is 28.0 Å². The lowest BCUT2D eigenvalue weighted by Gasteiger charge is -2.36. The third-order valence-electron chi connectivity index (χ3n) is 6.32. The highest BCUT2D eigenvalue weighted by molar-refractivity contribution is 9.10. The number of hydrogen-bond donors (Lipinski definition) is 0. The van der Waals surface area contributed by atoms with Crippen LogP contribution in [0.25, 0.3) is 12.2 Å². The zero-order valence-corrected chi connectivity index (χ0v) is 23.4. The zero-order valence-electron chi connectivity index (χ0n) is 20.3. The van der Waals surface area contributed by atoms with Gasteiger partial charge >= 0.3 is 0 Å². The van der Waals surface area contributed by atoms with E-state index in [2.05, 4.69) is 25.7 Å². The Bertz CT molecular complexity index is 1260. The maximum absolute atomic E-state index is 11.3. The molecule has 0 unspecified atom stereocenters. The maximum atomic E-state index is 11.3. The first-order valence-electron chi connectivity index (χ1n) is 12.2. The predicted octanol–water partition coefficient (Wildman–Crippen LogP) is 7.82. The molecule has 1 heterocycles. The topological polar surface area (TPSA) is 58.9 Å². The Morgan fingerprint density at radius 1 is 0.946 bits per heavy atom. The fraction of sp³-hybridized carbons (Fsp3) is 0.286. The molecule has 0 aromatic heterocycles. The van der Waals surface area contributed by atoms with Gasteiger partial charge in [-0.1, -0.05) is 75.5 Å². The number of hydrogen-bond acceptors (Lipinski definition) is 5. The SMILES string of the molecule is O=[N+]([O-])c1ccc(OCCCCN2CCN(c3cccc(Cl)c3Cl)CC2)c(/C=C/c2ccccc2Br)c1. The number of rotatable bonds is 10. The summed E-state index contributed by atoms with van der Waals surface area (Å²) in [5.74, 6) is 0.640. The molecule has 1 aliphatic rings. The van der Waals surface area contributed by atoms with Crippen LogP contribution >= 0.6 is 39.1 Å². The highest BCUT2D eigenvalue weighted by Gasteiger charge is 2.19. The van der Waals surface area contributed by atoms with Gasteiger partial charge in [0.15, 0.2) is 0 Å². The van der Waals surface area contributed by atoms with Crippen molar-refractivity contribution in [2.75, 3.05) is 44.2 Å². The molecule has 3 aromatic rings. The van der Waals surface area contributed by atoms with E-state index in [1.165, 1.54) is 6.07 Å². The predicted molar refractivity (Wildman–Crippen MR) is 156 cm³/mol. The molecule has 0 atom stereocenters. The van der Waals surface area contributed by atoms with Crippen LogP contribution < -0.4 is 9.64 Å². The molecule has 1 saturated heterocycles. The van der Waals surface area contributed by atoms with Crippen molar-refractivity contribution in [2.24, 2.45) is 0 Å². The van der Waals surface area contributed by atoms with Gasteiger partial charge in [0.2, 0.25) is 0 Å². The Hall–Kier alpha value is -2.58. The number of piperazine rings is 1. The van der Waals surface area contributed by atoms with Crippen LogP contribution in [0.5, 0.6) is 5.75 Å². The van der Waals surface area contributed by atoms with Crippen LogP contribution in [0.2, 0.25) is 10.0 Å². The van der Waals surface area contributed by atoms with Crippen molar-refractivity contribution in [1.29, 1.82) is 0 Å². The van der Waals surface area contributed by atoms with E-state index in [4.69, 9.17) is 27.9 Å². The first kappa shape index (κ1) is 27.5. The molecule has 194 valence electrons. The molecule has 0 bridgehead atoms. The molecule has 0 N–H and O–H groups in total. The molecule has 0 amide bonds. The maximum Gasteiger partial charge on any atom is 0.270 e. The molecule has 0 aliphatic carbocycles. The molecule has 6 nitrogen and oxygen atoms in total. The molecular weight excluding hydrogens is 577 g/mol. The quantitative estimate of drug-likeness (QED) is 0.102. The smallest absolute Gasteiger partial charge is 0.270 e. The standard InChI is InChI=1S/C28H28BrCl2N3O3/c29-24-7-2-1-6-21(24)10-11-22-20-23(34(35)36)12-13-27(22)37-19-4-3-14-32-15-17-33(18-16-32)26-9-5-8-25(30)28(26)31/h1-2,5-13,20H,3-4,14-19H2/b11-10+. The molecule has 0 saturated carbocycles. The molecule has 37 heavy (non-hydrogen) atoms. The van der Waals surface area contributed by atoms with Crippen molar-refractivity contribution in [3.05, 3.63) is 96.4 Å². The first-order chi connectivity index (χ1) is 17.9. The Kier molecular flexibility index (Phi) is 9.86. The molecule has 4 rings (SSSR count). The van der Waals surface area contributed by atoms with Crippen molar-refractivity contribution < 1.29 is 9.66 Å². The normalized spacial score (nSPS) is 14.3. The summed E-state index contributed by atoms with van der Waals surface area (Å²) in [6, 6.07) is 18.3. The second-order valence-electron chi connectivity index (χ2n) is 8.79. The minimum Gasteiger partial charge on any atom is -0.493 e. The average molecular weight is 605 g/mol. The zero-order chi connectivity index (χ0) is 26.2. The fourth-order valence-corrected chi connectivity index (χ4v) is 5.10. The number of unbranched alkanes of at least 4 members (excludes halogenated alkanes) is 1. The van der Waals surface area contributed by atoms with E-state index in [1.807, 2.05) is 54.6 Å². The Labute approximate surface area is 235 Å². The monoisotopic (exact) mass is 603 g/mol. The van der Waals surface area contributed by atoms with E-state index in [1.54, 1.807) is 12.1 Å². The summed E-state index contributed by atoms with van der Waals surface area (Å²) in [6.07, 6.45) is 5.68. The Morgan fingerprint density at radius 2 is 1.70 bits per heavy atom. The van der Waals surface area contributed by atoms with Gasteiger partial charge in [-0.05, 0) is 49.2 Å². The minimum atomic E-state index is -0.389. The summed E-state index contributed by atoms with van der Waals surface area (Å²) >= 11 is 16.1. The molecule has 0 spiro atoms. The van der Waals surface area contributed by atoms with Crippen LogP contribution in [-0.4, -0.2) is 49.2 Å². The first-order valence-corrected chi connectivity index (χ1v) is 13.7. The van der Waals surface area contributed by atoms with Crippen LogP contribution in [0.15, 0.2) is 65.1 Å². The van der Waals surface area contributed by atoms with Gasteiger partial charge in [0.25, 0.3) is 5.69 Å². The average Bonchev–Trinajstić information content (AvgIpc) is 2.90. The van der Waals surface area contributed by atoms with Crippen LogP contribution in [0.4, 0.5) is 11.4 Å². The lowest BCUT2D eigenvalue weighted by atomic mass is 10.1. The van der Waals surface area contributed by atoms with Gasteiger partial charge in [0.1, 0.15) is 5.75 Å². The van der Waals surface area contributed by atoms with Gasteiger partial charge in [0, 0.05) is 48.3 Å². The van der Waals surface area contributed by atoms with E-state index < -0.39 is 0 Å². The Balaban J connectivity index is 1.26. The molecule has 9 heteroatoms. The van der Waals surface area contributed by atoms with Gasteiger partial charge in [-0.2, -0.15) is 0 Å². The van der Waals surface area contributed by atoms with Crippen LogP contribution in [-0.2, 0) is 0 Å². The van der Waals surface area contributed by atoms with E-state index in [9.17, 15) is 10.1 Å². The molecule has 3 aromatic carbocycles. The number of benzene rings is 3. The number of halogens is 3. The highest BCUT2D eigenvalue weighted by Crippen LogP contribution is 2.33.